The molecule has 1 aromatic rings. The molecule has 1 heterocycles. The van der Waals surface area contributed by atoms with Crippen LogP contribution >= 0.6 is 0 Å². The molecule has 1 aromatic heterocycles. The van der Waals surface area contributed by atoms with E-state index in [0.717, 1.165) is 5.69 Å². The second-order valence-electron chi connectivity index (χ2n) is 3.96. The zero-order chi connectivity index (χ0) is 13.4. The maximum atomic E-state index is 11.0. The molecule has 18 heavy (non-hydrogen) atoms. The molecule has 7 heteroatoms. The number of hydrogen-bond acceptors (Lipinski definition) is 4. The van der Waals surface area contributed by atoms with Gasteiger partial charge in [0.1, 0.15) is 6.04 Å². The summed E-state index contributed by atoms with van der Waals surface area (Å²) in [6, 6.07) is -0.650. The lowest BCUT2D eigenvalue weighted by Gasteiger charge is -2.13. The van der Waals surface area contributed by atoms with Gasteiger partial charge in [-0.1, -0.05) is 0 Å². The molecule has 1 unspecified atom stereocenters. The number of carboxylic acid groups (broad SMARTS) is 1. The minimum atomic E-state index is -0.899. The second-order valence-corrected chi connectivity index (χ2v) is 3.96. The Morgan fingerprint density at radius 3 is 2.83 bits per heavy atom. The molecule has 0 fully saturated rings. The topological polar surface area (TPSA) is 107 Å². The highest BCUT2D eigenvalue weighted by Gasteiger charge is 2.17. The van der Waals surface area contributed by atoms with E-state index in [-0.39, 0.29) is 5.91 Å². The number of nitrogens with zero attached hydrogens (tertiary/aromatic N) is 1. The predicted octanol–water partition coefficient (Wildman–Crippen LogP) is -0.479. The Morgan fingerprint density at radius 1 is 1.50 bits per heavy atom. The van der Waals surface area contributed by atoms with Gasteiger partial charge in [-0.3, -0.25) is 9.59 Å². The number of carbonyl (C=O) groups excluding carboxylic acids is 1. The molecule has 0 radical (unpaired) electrons. The smallest absolute Gasteiger partial charge is 0.321 e. The van der Waals surface area contributed by atoms with E-state index in [4.69, 9.17) is 5.11 Å². The standard InChI is InChI=1S/C11H18N4O3/c1-8(16)13-3-2-4-14-10(11(17)18)5-9-6-12-7-15-9/h6-7,10,14H,2-5H2,1H3,(H,12,15)(H,13,16)(H,17,18). The third kappa shape index (κ3) is 5.44. The van der Waals surface area contributed by atoms with Gasteiger partial charge in [0.05, 0.1) is 6.33 Å². The number of nitrogens with one attached hydrogen (secondary N) is 3. The molecule has 1 atom stereocenters. The number of aliphatic carboxylic acids is 1. The first-order valence-electron chi connectivity index (χ1n) is 5.77. The van der Waals surface area contributed by atoms with Gasteiger partial charge in [-0.25, -0.2) is 4.98 Å². The maximum absolute atomic E-state index is 11.0. The van der Waals surface area contributed by atoms with E-state index >= 15 is 0 Å². The highest BCUT2D eigenvalue weighted by atomic mass is 16.4. The average Bonchev–Trinajstić information content (AvgIpc) is 2.79. The van der Waals surface area contributed by atoms with Crippen LogP contribution < -0.4 is 10.6 Å². The van der Waals surface area contributed by atoms with E-state index in [1.165, 1.54) is 13.3 Å². The molecule has 0 aliphatic rings. The molecule has 0 bridgehead atoms. The molecule has 1 amide bonds. The lowest BCUT2D eigenvalue weighted by atomic mass is 10.1. The lowest BCUT2D eigenvalue weighted by molar-refractivity contribution is -0.139. The summed E-state index contributed by atoms with van der Waals surface area (Å²) >= 11 is 0. The first kappa shape index (κ1) is 14.2. The van der Waals surface area contributed by atoms with Gasteiger partial charge in [-0.15, -0.1) is 0 Å². The molecule has 7 nitrogen and oxygen atoms in total. The van der Waals surface area contributed by atoms with Gasteiger partial charge in [0.15, 0.2) is 0 Å². The number of aromatic amines is 1. The Balaban J connectivity index is 2.26. The number of aromatic nitrogens is 2. The quantitative estimate of drug-likeness (QED) is 0.469. The van der Waals surface area contributed by atoms with Gasteiger partial charge in [-0.2, -0.15) is 0 Å². The van der Waals surface area contributed by atoms with E-state index in [9.17, 15) is 9.59 Å². The molecule has 0 spiro atoms. The van der Waals surface area contributed by atoms with E-state index in [1.54, 1.807) is 6.20 Å². The van der Waals surface area contributed by atoms with Crippen LogP contribution in [0.25, 0.3) is 0 Å². The second kappa shape index (κ2) is 7.44. The highest BCUT2D eigenvalue weighted by Crippen LogP contribution is 1.98. The van der Waals surface area contributed by atoms with Crippen LogP contribution in [0.1, 0.15) is 19.0 Å². The average molecular weight is 254 g/mol. The Hall–Kier alpha value is -1.89. The summed E-state index contributed by atoms with van der Waals surface area (Å²) in [7, 11) is 0. The number of carboxylic acids is 1. The summed E-state index contributed by atoms with van der Waals surface area (Å²) in [5.41, 5.74) is 0.775. The Bertz CT molecular complexity index is 378. The number of rotatable bonds is 8. The fraction of sp³-hybridized carbons (Fsp3) is 0.545. The van der Waals surface area contributed by atoms with Crippen molar-refractivity contribution in [3.63, 3.8) is 0 Å². The van der Waals surface area contributed by atoms with Crippen molar-refractivity contribution in [1.29, 1.82) is 0 Å². The van der Waals surface area contributed by atoms with E-state index in [0.29, 0.717) is 25.9 Å². The molecule has 0 saturated carbocycles. The van der Waals surface area contributed by atoms with Crippen LogP contribution in [-0.4, -0.2) is 46.1 Å². The van der Waals surface area contributed by atoms with Gasteiger partial charge in [0.2, 0.25) is 5.91 Å². The number of hydrogen-bond donors (Lipinski definition) is 4. The van der Waals surface area contributed by atoms with Crippen LogP contribution in [0.5, 0.6) is 0 Å². The lowest BCUT2D eigenvalue weighted by Crippen LogP contribution is -2.40. The summed E-state index contributed by atoms with van der Waals surface area (Å²) in [6.07, 6.45) is 4.17. The predicted molar refractivity (Wildman–Crippen MR) is 65.0 cm³/mol. The van der Waals surface area contributed by atoms with Crippen molar-refractivity contribution in [2.45, 2.75) is 25.8 Å². The van der Waals surface area contributed by atoms with E-state index < -0.39 is 12.0 Å². The largest absolute Gasteiger partial charge is 0.480 e. The monoisotopic (exact) mass is 254 g/mol. The zero-order valence-electron chi connectivity index (χ0n) is 10.3. The number of amides is 1. The van der Waals surface area contributed by atoms with Gasteiger partial charge in [0.25, 0.3) is 0 Å². The van der Waals surface area contributed by atoms with Crippen LogP contribution in [0.3, 0.4) is 0 Å². The molecule has 4 N–H and O–H groups in total. The van der Waals surface area contributed by atoms with E-state index in [1.807, 2.05) is 0 Å². The Morgan fingerprint density at radius 2 is 2.28 bits per heavy atom. The SMILES string of the molecule is CC(=O)NCCCNC(Cc1cnc[nH]1)C(=O)O. The normalized spacial score (nSPS) is 12.1. The maximum Gasteiger partial charge on any atom is 0.321 e. The van der Waals surface area contributed by atoms with Crippen LogP contribution in [0.15, 0.2) is 12.5 Å². The van der Waals surface area contributed by atoms with Crippen molar-refractivity contribution in [2.75, 3.05) is 13.1 Å². The van der Waals surface area contributed by atoms with Crippen molar-refractivity contribution < 1.29 is 14.7 Å². The van der Waals surface area contributed by atoms with Crippen LogP contribution in [0, 0.1) is 0 Å². The summed E-state index contributed by atoms with van der Waals surface area (Å²) in [5, 5.41) is 14.6. The van der Waals surface area contributed by atoms with Crippen molar-refractivity contribution in [3.05, 3.63) is 18.2 Å². The van der Waals surface area contributed by atoms with Crippen molar-refractivity contribution >= 4 is 11.9 Å². The third-order valence-electron chi connectivity index (χ3n) is 2.40. The fourth-order valence-corrected chi connectivity index (χ4v) is 1.49. The highest BCUT2D eigenvalue weighted by molar-refractivity contribution is 5.73. The van der Waals surface area contributed by atoms with Crippen LogP contribution in [0.2, 0.25) is 0 Å². The van der Waals surface area contributed by atoms with E-state index in [2.05, 4.69) is 20.6 Å². The fourth-order valence-electron chi connectivity index (χ4n) is 1.49. The molecule has 0 aliphatic carbocycles. The molecular formula is C11H18N4O3. The molecule has 1 rings (SSSR count). The number of imidazole rings is 1. The van der Waals surface area contributed by atoms with Crippen LogP contribution in [-0.2, 0) is 16.0 Å². The summed E-state index contributed by atoms with van der Waals surface area (Å²) in [5.74, 6) is -0.980. The minimum absolute atomic E-state index is 0.0813. The van der Waals surface area contributed by atoms with Gasteiger partial charge >= 0.3 is 5.97 Å². The molecule has 0 aromatic carbocycles. The first-order valence-corrected chi connectivity index (χ1v) is 5.77. The zero-order valence-corrected chi connectivity index (χ0v) is 10.3. The first-order chi connectivity index (χ1) is 8.59. The minimum Gasteiger partial charge on any atom is -0.480 e. The number of carbonyl (C=O) groups is 2. The van der Waals surface area contributed by atoms with Crippen LogP contribution in [0.4, 0.5) is 0 Å². The van der Waals surface area contributed by atoms with Gasteiger partial charge < -0.3 is 20.7 Å². The Labute approximate surface area is 105 Å². The third-order valence-corrected chi connectivity index (χ3v) is 2.40. The molecule has 0 saturated heterocycles. The summed E-state index contributed by atoms with van der Waals surface area (Å²) < 4.78 is 0. The van der Waals surface area contributed by atoms with Gasteiger partial charge in [0, 0.05) is 31.8 Å². The van der Waals surface area contributed by atoms with Gasteiger partial charge in [-0.05, 0) is 13.0 Å². The summed E-state index contributed by atoms with van der Waals surface area (Å²) in [6.45, 7) is 2.52. The number of H-pyrrole nitrogens is 1. The molecule has 0 aliphatic heterocycles. The van der Waals surface area contributed by atoms with Crippen molar-refractivity contribution in [1.82, 2.24) is 20.6 Å². The molecule has 100 valence electrons. The van der Waals surface area contributed by atoms with Crippen molar-refractivity contribution in [3.8, 4) is 0 Å². The van der Waals surface area contributed by atoms with Crippen molar-refractivity contribution in [2.24, 2.45) is 0 Å². The molecular weight excluding hydrogens is 236 g/mol. The summed E-state index contributed by atoms with van der Waals surface area (Å²) in [4.78, 5) is 28.4. The Kier molecular flexibility index (Phi) is 5.86.